The van der Waals surface area contributed by atoms with Gasteiger partial charge >= 0.3 is 12.1 Å². The van der Waals surface area contributed by atoms with Crippen LogP contribution in [-0.4, -0.2) is 31.4 Å². The monoisotopic (exact) mass is 561 g/mol. The highest BCUT2D eigenvalue weighted by molar-refractivity contribution is 7.81. The summed E-state index contributed by atoms with van der Waals surface area (Å²) in [7, 11) is 1.74. The van der Waals surface area contributed by atoms with Gasteiger partial charge in [0.2, 0.25) is 0 Å². The smallest absolute Gasteiger partial charge is 0.417 e. The molecular weight excluding hydrogens is 546 g/mol. The van der Waals surface area contributed by atoms with Crippen LogP contribution in [0.3, 0.4) is 0 Å². The third kappa shape index (κ3) is 5.43. The zero-order valence-electron chi connectivity index (χ0n) is 19.3. The Hall–Kier alpha value is -4.09. The van der Waals surface area contributed by atoms with Gasteiger partial charge in [0.15, 0.2) is 0 Å². The summed E-state index contributed by atoms with van der Waals surface area (Å²) in [5.74, 6) is -3.42. The lowest BCUT2D eigenvalue weighted by Crippen LogP contribution is -2.20. The molecule has 1 amide bonds. The number of nitrogens with one attached hydrogen (secondary N) is 1. The molecular formula is C26H16ClF4N3O3S. The molecule has 2 N–H and O–H groups in total. The molecule has 0 radical (unpaired) electrons. The van der Waals surface area contributed by atoms with E-state index in [1.807, 2.05) is 0 Å². The molecule has 194 valence electrons. The van der Waals surface area contributed by atoms with E-state index < -0.39 is 40.0 Å². The number of rotatable bonds is 6. The second kappa shape index (κ2) is 10.3. The van der Waals surface area contributed by atoms with Crippen LogP contribution >= 0.6 is 23.8 Å². The van der Waals surface area contributed by atoms with E-state index in [2.05, 4.69) is 10.3 Å². The van der Waals surface area contributed by atoms with Crippen LogP contribution in [0.5, 0.6) is 0 Å². The minimum absolute atomic E-state index is 0.0297. The summed E-state index contributed by atoms with van der Waals surface area (Å²) < 4.78 is 57.3. The van der Waals surface area contributed by atoms with Gasteiger partial charge < -0.3 is 15.0 Å². The average molecular weight is 562 g/mol. The number of aromatic nitrogens is 2. The van der Waals surface area contributed by atoms with Crippen molar-refractivity contribution >= 4 is 46.2 Å². The number of carboxylic acid groups (broad SMARTS) is 1. The molecule has 0 atom stereocenters. The van der Waals surface area contributed by atoms with E-state index in [-0.39, 0.29) is 27.2 Å². The Bertz CT molecular complexity index is 1600. The number of imidazole rings is 1. The molecule has 1 aromatic heterocycles. The number of carbonyl (C=O) groups excluding carboxylic acids is 1. The molecule has 4 aromatic rings. The third-order valence-corrected chi connectivity index (χ3v) is 6.27. The molecule has 0 fully saturated rings. The van der Waals surface area contributed by atoms with Crippen molar-refractivity contribution in [2.45, 2.75) is 6.18 Å². The number of anilines is 1. The number of amides is 1. The molecule has 0 saturated heterocycles. The Kier molecular flexibility index (Phi) is 7.34. The standard InChI is InChI=1S/C26H16ClF4N3O3S/c1-34-11-21(32-12-34)13-5-8-16(23(38)15-7-6-14(25(36)37)9-19(15)28)20(10-13)33-24(35)22-17(26(29,30)31)3-2-4-18(22)27/h2-12H,1H3,(H,33,35)(H,36,37). The molecule has 4 rings (SSSR count). The van der Waals surface area contributed by atoms with E-state index in [1.165, 1.54) is 24.5 Å². The van der Waals surface area contributed by atoms with Gasteiger partial charge in [0.1, 0.15) is 5.82 Å². The molecule has 38 heavy (non-hydrogen) atoms. The van der Waals surface area contributed by atoms with Gasteiger partial charge in [0.25, 0.3) is 5.91 Å². The first-order chi connectivity index (χ1) is 17.9. The van der Waals surface area contributed by atoms with Gasteiger partial charge in [-0.05, 0) is 36.4 Å². The summed E-state index contributed by atoms with van der Waals surface area (Å²) in [5.41, 5.74) is -1.41. The Morgan fingerprint density at radius 2 is 1.79 bits per heavy atom. The number of hydrogen-bond acceptors (Lipinski definition) is 4. The highest BCUT2D eigenvalue weighted by atomic mass is 35.5. The fourth-order valence-corrected chi connectivity index (χ4v) is 4.32. The quantitative estimate of drug-likeness (QED) is 0.157. The predicted octanol–water partition coefficient (Wildman–Crippen LogP) is 6.62. The largest absolute Gasteiger partial charge is 0.478 e. The number of alkyl halides is 3. The SMILES string of the molecule is Cn1cnc(-c2ccc(C(=S)c3ccc(C(=O)O)cc3F)c(NC(=O)c3c(Cl)cccc3C(F)(F)F)c2)c1. The number of carboxylic acids is 1. The van der Waals surface area contributed by atoms with Crippen molar-refractivity contribution in [1.29, 1.82) is 0 Å². The van der Waals surface area contributed by atoms with E-state index in [4.69, 9.17) is 28.9 Å². The zero-order chi connectivity index (χ0) is 27.8. The number of hydrogen-bond donors (Lipinski definition) is 2. The lowest BCUT2D eigenvalue weighted by Gasteiger charge is -2.17. The topological polar surface area (TPSA) is 84.2 Å². The van der Waals surface area contributed by atoms with Crippen molar-refractivity contribution < 1.29 is 32.3 Å². The van der Waals surface area contributed by atoms with Gasteiger partial charge in [-0.1, -0.05) is 42.0 Å². The van der Waals surface area contributed by atoms with Crippen molar-refractivity contribution in [3.05, 3.63) is 106 Å². The van der Waals surface area contributed by atoms with Gasteiger partial charge in [-0.15, -0.1) is 0 Å². The molecule has 0 bridgehead atoms. The summed E-state index contributed by atoms with van der Waals surface area (Å²) in [5, 5.41) is 11.1. The van der Waals surface area contributed by atoms with Crippen molar-refractivity contribution in [2.24, 2.45) is 7.05 Å². The first-order valence-corrected chi connectivity index (χ1v) is 11.5. The van der Waals surface area contributed by atoms with Gasteiger partial charge in [0, 0.05) is 29.9 Å². The maximum absolute atomic E-state index is 14.8. The number of thiocarbonyl (C=S) groups is 1. The fraction of sp³-hybridized carbons (Fsp3) is 0.0769. The minimum Gasteiger partial charge on any atom is -0.478 e. The molecule has 0 unspecified atom stereocenters. The normalized spacial score (nSPS) is 11.3. The van der Waals surface area contributed by atoms with Crippen LogP contribution < -0.4 is 5.32 Å². The van der Waals surface area contributed by atoms with Crippen LogP contribution in [0.1, 0.15) is 37.4 Å². The van der Waals surface area contributed by atoms with Gasteiger partial charge in [-0.3, -0.25) is 4.79 Å². The van der Waals surface area contributed by atoms with Crippen LogP contribution in [0, 0.1) is 5.82 Å². The van der Waals surface area contributed by atoms with Crippen molar-refractivity contribution in [2.75, 3.05) is 5.32 Å². The number of halogens is 5. The molecule has 12 heteroatoms. The summed E-state index contributed by atoms with van der Waals surface area (Å²) >= 11 is 11.4. The molecule has 1 heterocycles. The first kappa shape index (κ1) is 27.0. The van der Waals surface area contributed by atoms with Crippen LogP contribution in [0.4, 0.5) is 23.2 Å². The second-order valence-corrected chi connectivity index (χ2v) is 8.94. The molecule has 6 nitrogen and oxygen atoms in total. The lowest BCUT2D eigenvalue weighted by atomic mass is 9.98. The lowest BCUT2D eigenvalue weighted by molar-refractivity contribution is -0.137. The Morgan fingerprint density at radius 3 is 2.39 bits per heavy atom. The summed E-state index contributed by atoms with van der Waals surface area (Å²) in [6.45, 7) is 0. The Balaban J connectivity index is 1.83. The van der Waals surface area contributed by atoms with Crippen molar-refractivity contribution in [1.82, 2.24) is 9.55 Å². The summed E-state index contributed by atoms with van der Waals surface area (Å²) in [4.78, 5) is 28.4. The number of aromatic carboxylic acids is 1. The van der Waals surface area contributed by atoms with Crippen molar-refractivity contribution in [3.8, 4) is 11.3 Å². The highest BCUT2D eigenvalue weighted by Gasteiger charge is 2.36. The first-order valence-electron chi connectivity index (χ1n) is 10.7. The van der Waals surface area contributed by atoms with Crippen LogP contribution in [0.25, 0.3) is 11.3 Å². The minimum atomic E-state index is -4.86. The second-order valence-electron chi connectivity index (χ2n) is 8.13. The average Bonchev–Trinajstić information content (AvgIpc) is 3.29. The predicted molar refractivity (Wildman–Crippen MR) is 137 cm³/mol. The molecule has 0 saturated carbocycles. The molecule has 3 aromatic carbocycles. The highest BCUT2D eigenvalue weighted by Crippen LogP contribution is 2.36. The maximum atomic E-state index is 14.8. The van der Waals surface area contributed by atoms with E-state index in [0.29, 0.717) is 11.3 Å². The zero-order valence-corrected chi connectivity index (χ0v) is 20.9. The molecule has 0 aliphatic carbocycles. The van der Waals surface area contributed by atoms with E-state index in [1.54, 1.807) is 23.9 Å². The number of carbonyl (C=O) groups is 2. The van der Waals surface area contributed by atoms with E-state index >= 15 is 0 Å². The Morgan fingerprint density at radius 1 is 1.08 bits per heavy atom. The maximum Gasteiger partial charge on any atom is 0.417 e. The number of aryl methyl sites for hydroxylation is 1. The fourth-order valence-electron chi connectivity index (χ4n) is 3.72. The summed E-state index contributed by atoms with van der Waals surface area (Å²) in [6.07, 6.45) is -1.65. The third-order valence-electron chi connectivity index (χ3n) is 5.52. The van der Waals surface area contributed by atoms with E-state index in [9.17, 15) is 27.2 Å². The van der Waals surface area contributed by atoms with Crippen molar-refractivity contribution in [3.63, 3.8) is 0 Å². The van der Waals surface area contributed by atoms with Gasteiger partial charge in [0.05, 0.1) is 44.3 Å². The van der Waals surface area contributed by atoms with Gasteiger partial charge in [-0.2, -0.15) is 13.2 Å². The number of nitrogens with zero attached hydrogens (tertiary/aromatic N) is 2. The molecule has 0 aliphatic rings. The summed E-state index contributed by atoms with van der Waals surface area (Å²) in [6, 6.07) is 10.6. The molecule has 0 aliphatic heterocycles. The van der Waals surface area contributed by atoms with E-state index in [0.717, 1.165) is 30.3 Å². The molecule has 0 spiro atoms. The Labute approximate surface area is 223 Å². The van der Waals surface area contributed by atoms with Crippen LogP contribution in [0.2, 0.25) is 5.02 Å². The van der Waals surface area contributed by atoms with Crippen LogP contribution in [0.15, 0.2) is 67.1 Å². The van der Waals surface area contributed by atoms with Gasteiger partial charge in [-0.25, -0.2) is 14.2 Å². The van der Waals surface area contributed by atoms with Crippen LogP contribution in [-0.2, 0) is 13.2 Å². The number of benzene rings is 3.